The van der Waals surface area contributed by atoms with E-state index in [1.807, 2.05) is 37.3 Å². The van der Waals surface area contributed by atoms with E-state index in [0.29, 0.717) is 22.4 Å². The number of hydrogen-bond acceptors (Lipinski definition) is 3. The molecular weight excluding hydrogens is 326 g/mol. The van der Waals surface area contributed by atoms with Gasteiger partial charge in [0.05, 0.1) is 11.1 Å². The fourth-order valence-corrected chi connectivity index (χ4v) is 3.20. The van der Waals surface area contributed by atoms with Crippen molar-refractivity contribution in [1.29, 1.82) is 0 Å². The first-order valence-corrected chi connectivity index (χ1v) is 9.32. The van der Waals surface area contributed by atoms with Gasteiger partial charge in [-0.1, -0.05) is 44.2 Å². The lowest BCUT2D eigenvalue weighted by Gasteiger charge is -2.06. The number of aromatic nitrogens is 1. The van der Waals surface area contributed by atoms with Crippen LogP contribution in [0, 0.1) is 6.92 Å². The van der Waals surface area contributed by atoms with E-state index >= 15 is 0 Å². The van der Waals surface area contributed by atoms with E-state index in [2.05, 4.69) is 11.9 Å². The summed E-state index contributed by atoms with van der Waals surface area (Å²) in [6, 6.07) is 11.1. The molecule has 0 saturated heterocycles. The largest absolute Gasteiger partial charge is 0.478 e. The highest BCUT2D eigenvalue weighted by atomic mass is 16.4. The van der Waals surface area contributed by atoms with Crippen molar-refractivity contribution in [3.05, 3.63) is 53.3 Å². The molecule has 0 bridgehead atoms. The molecule has 0 aliphatic carbocycles. The Morgan fingerprint density at radius 2 is 1.88 bits per heavy atom. The molecule has 4 nitrogen and oxygen atoms in total. The number of carboxylic acid groups (broad SMARTS) is 1. The lowest BCUT2D eigenvalue weighted by atomic mass is 10.0. The second-order valence-electron chi connectivity index (χ2n) is 6.81. The highest BCUT2D eigenvalue weighted by Gasteiger charge is 2.15. The number of carboxylic acids is 1. The quantitative estimate of drug-likeness (QED) is 0.504. The van der Waals surface area contributed by atoms with Gasteiger partial charge < -0.3 is 9.52 Å². The zero-order valence-corrected chi connectivity index (χ0v) is 15.4. The highest BCUT2D eigenvalue weighted by molar-refractivity contribution is 6.03. The SMILES string of the molecule is CCCCCCCc1ccc(-c2cc(C(=O)O)c3cc(C)ccc3n2)o1. The molecule has 3 aromatic rings. The Morgan fingerprint density at radius 3 is 2.65 bits per heavy atom. The number of furan rings is 1. The van der Waals surface area contributed by atoms with Crippen molar-refractivity contribution in [2.24, 2.45) is 0 Å². The summed E-state index contributed by atoms with van der Waals surface area (Å²) < 4.78 is 5.93. The first-order chi connectivity index (χ1) is 12.6. The fourth-order valence-electron chi connectivity index (χ4n) is 3.20. The van der Waals surface area contributed by atoms with Gasteiger partial charge in [-0.25, -0.2) is 9.78 Å². The number of aryl methyl sites for hydroxylation is 2. The standard InChI is InChI=1S/C22H25NO3/c1-3-4-5-6-7-8-16-10-12-21(26-16)20-14-18(22(24)25)17-13-15(2)9-11-19(17)23-20/h9-14H,3-8H2,1-2H3,(H,24,25). The van der Waals surface area contributed by atoms with E-state index in [0.717, 1.165) is 24.2 Å². The second kappa shape index (κ2) is 8.17. The van der Waals surface area contributed by atoms with E-state index in [1.54, 1.807) is 6.07 Å². The zero-order valence-electron chi connectivity index (χ0n) is 15.4. The lowest BCUT2D eigenvalue weighted by molar-refractivity contribution is 0.0699. The molecule has 0 unspecified atom stereocenters. The summed E-state index contributed by atoms with van der Waals surface area (Å²) in [4.78, 5) is 16.3. The van der Waals surface area contributed by atoms with Gasteiger partial charge in [-0.15, -0.1) is 0 Å². The second-order valence-corrected chi connectivity index (χ2v) is 6.81. The number of pyridine rings is 1. The third-order valence-electron chi connectivity index (χ3n) is 4.64. The molecule has 136 valence electrons. The van der Waals surface area contributed by atoms with Crippen molar-refractivity contribution in [2.75, 3.05) is 0 Å². The maximum atomic E-state index is 11.7. The molecule has 1 N–H and O–H groups in total. The molecule has 2 aromatic heterocycles. The average Bonchev–Trinajstić information content (AvgIpc) is 3.09. The van der Waals surface area contributed by atoms with Crippen molar-refractivity contribution in [2.45, 2.75) is 52.4 Å². The first kappa shape index (κ1) is 18.2. The number of nitrogens with zero attached hydrogens (tertiary/aromatic N) is 1. The molecule has 2 heterocycles. The van der Waals surface area contributed by atoms with E-state index in [9.17, 15) is 9.90 Å². The fraction of sp³-hybridized carbons (Fsp3) is 0.364. The Bertz CT molecular complexity index is 911. The number of fused-ring (bicyclic) bond motifs is 1. The minimum absolute atomic E-state index is 0.256. The molecule has 0 atom stereocenters. The number of rotatable bonds is 8. The average molecular weight is 351 g/mol. The summed E-state index contributed by atoms with van der Waals surface area (Å²) in [5.41, 5.74) is 2.50. The van der Waals surface area contributed by atoms with Crippen LogP contribution in [0.2, 0.25) is 0 Å². The number of hydrogen-bond donors (Lipinski definition) is 1. The summed E-state index contributed by atoms with van der Waals surface area (Å²) in [6.07, 6.45) is 7.00. The molecule has 0 aliphatic rings. The van der Waals surface area contributed by atoms with Crippen LogP contribution in [0.4, 0.5) is 0 Å². The van der Waals surface area contributed by atoms with Crippen LogP contribution >= 0.6 is 0 Å². The van der Waals surface area contributed by atoms with Gasteiger partial charge in [-0.2, -0.15) is 0 Å². The van der Waals surface area contributed by atoms with E-state index in [1.165, 1.54) is 25.7 Å². The summed E-state index contributed by atoms with van der Waals surface area (Å²) in [6.45, 7) is 4.15. The van der Waals surface area contributed by atoms with Gasteiger partial charge in [-0.3, -0.25) is 0 Å². The van der Waals surface area contributed by atoms with Crippen LogP contribution in [0.1, 0.15) is 60.7 Å². The van der Waals surface area contributed by atoms with Crippen LogP contribution in [0.3, 0.4) is 0 Å². The normalized spacial score (nSPS) is 11.2. The predicted octanol–water partition coefficient (Wildman–Crippen LogP) is 6.01. The topological polar surface area (TPSA) is 63.3 Å². The Morgan fingerprint density at radius 1 is 1.08 bits per heavy atom. The summed E-state index contributed by atoms with van der Waals surface area (Å²) in [5, 5.41) is 10.2. The van der Waals surface area contributed by atoms with Gasteiger partial charge in [0.15, 0.2) is 5.76 Å². The maximum Gasteiger partial charge on any atom is 0.336 e. The molecule has 4 heteroatoms. The molecule has 3 rings (SSSR count). The molecule has 0 saturated carbocycles. The molecule has 0 radical (unpaired) electrons. The monoisotopic (exact) mass is 351 g/mol. The number of unbranched alkanes of at least 4 members (excludes halogenated alkanes) is 4. The Hall–Kier alpha value is -2.62. The minimum atomic E-state index is -0.952. The summed E-state index contributed by atoms with van der Waals surface area (Å²) >= 11 is 0. The smallest absolute Gasteiger partial charge is 0.336 e. The summed E-state index contributed by atoms with van der Waals surface area (Å²) in [5.74, 6) is 0.602. The minimum Gasteiger partial charge on any atom is -0.478 e. The van der Waals surface area contributed by atoms with Crippen LogP contribution < -0.4 is 0 Å². The molecular formula is C22H25NO3. The molecule has 0 amide bonds. The van der Waals surface area contributed by atoms with Crippen LogP contribution in [0.25, 0.3) is 22.4 Å². The molecule has 0 aliphatic heterocycles. The molecule has 0 fully saturated rings. The van der Waals surface area contributed by atoms with Gasteiger partial charge >= 0.3 is 5.97 Å². The van der Waals surface area contributed by atoms with Crippen LogP contribution in [0.5, 0.6) is 0 Å². The van der Waals surface area contributed by atoms with Gasteiger partial charge in [0.1, 0.15) is 11.5 Å². The van der Waals surface area contributed by atoms with E-state index in [-0.39, 0.29) is 5.56 Å². The zero-order chi connectivity index (χ0) is 18.5. The number of benzene rings is 1. The van der Waals surface area contributed by atoms with Crippen molar-refractivity contribution in [3.8, 4) is 11.5 Å². The first-order valence-electron chi connectivity index (χ1n) is 9.32. The van der Waals surface area contributed by atoms with Gasteiger partial charge in [0.2, 0.25) is 0 Å². The number of carbonyl (C=O) groups is 1. The Balaban J connectivity index is 1.84. The van der Waals surface area contributed by atoms with Gasteiger partial charge in [-0.05, 0) is 43.7 Å². The molecule has 1 aromatic carbocycles. The predicted molar refractivity (Wildman–Crippen MR) is 104 cm³/mol. The highest BCUT2D eigenvalue weighted by Crippen LogP contribution is 2.27. The van der Waals surface area contributed by atoms with E-state index in [4.69, 9.17) is 4.42 Å². The van der Waals surface area contributed by atoms with Gasteiger partial charge in [0, 0.05) is 11.8 Å². The third kappa shape index (κ3) is 4.13. The molecule has 0 spiro atoms. The van der Waals surface area contributed by atoms with Crippen LogP contribution in [-0.4, -0.2) is 16.1 Å². The maximum absolute atomic E-state index is 11.7. The third-order valence-corrected chi connectivity index (χ3v) is 4.64. The Kier molecular flexibility index (Phi) is 5.71. The van der Waals surface area contributed by atoms with Crippen molar-refractivity contribution in [3.63, 3.8) is 0 Å². The van der Waals surface area contributed by atoms with Crippen molar-refractivity contribution >= 4 is 16.9 Å². The number of aromatic carboxylic acids is 1. The van der Waals surface area contributed by atoms with Gasteiger partial charge in [0.25, 0.3) is 0 Å². The van der Waals surface area contributed by atoms with Crippen LogP contribution in [0.15, 0.2) is 40.8 Å². The van der Waals surface area contributed by atoms with Crippen molar-refractivity contribution < 1.29 is 14.3 Å². The van der Waals surface area contributed by atoms with Crippen LogP contribution in [-0.2, 0) is 6.42 Å². The summed E-state index contributed by atoms with van der Waals surface area (Å²) in [7, 11) is 0. The Labute approximate surface area is 153 Å². The lowest BCUT2D eigenvalue weighted by Crippen LogP contribution is -2.00. The van der Waals surface area contributed by atoms with Crippen molar-refractivity contribution in [1.82, 2.24) is 4.98 Å². The molecule has 26 heavy (non-hydrogen) atoms. The van der Waals surface area contributed by atoms with E-state index < -0.39 is 5.97 Å².